The summed E-state index contributed by atoms with van der Waals surface area (Å²) in [6.07, 6.45) is 0.966. The van der Waals surface area contributed by atoms with Gasteiger partial charge < -0.3 is 10.5 Å². The van der Waals surface area contributed by atoms with Crippen LogP contribution in [-0.4, -0.2) is 6.61 Å². The fraction of sp³-hybridized carbons (Fsp3) is 0.455. The van der Waals surface area contributed by atoms with E-state index < -0.39 is 0 Å². The fourth-order valence-electron chi connectivity index (χ4n) is 1.21. The van der Waals surface area contributed by atoms with Crippen molar-refractivity contribution in [1.82, 2.24) is 0 Å². The van der Waals surface area contributed by atoms with Crippen molar-refractivity contribution in [1.29, 1.82) is 0 Å². The number of hydrogen-bond donors (Lipinski definition) is 1. The monoisotopic (exact) mass is 179 g/mol. The Morgan fingerprint density at radius 2 is 1.85 bits per heavy atom. The summed E-state index contributed by atoms with van der Waals surface area (Å²) in [5, 5.41) is 0. The number of benzene rings is 1. The van der Waals surface area contributed by atoms with Crippen molar-refractivity contribution in [2.45, 2.75) is 26.3 Å². The number of rotatable bonds is 4. The molecule has 0 saturated carbocycles. The molecule has 2 nitrogen and oxygen atoms in total. The van der Waals surface area contributed by atoms with Gasteiger partial charge in [-0.2, -0.15) is 0 Å². The van der Waals surface area contributed by atoms with E-state index in [2.05, 4.69) is 6.92 Å². The highest BCUT2D eigenvalue weighted by atomic mass is 16.5. The molecule has 1 rings (SSSR count). The predicted octanol–water partition coefficient (Wildman–Crippen LogP) is 2.50. The van der Waals surface area contributed by atoms with Crippen LogP contribution in [0.25, 0.3) is 0 Å². The second kappa shape index (κ2) is 4.87. The molecule has 0 bridgehead atoms. The second-order valence-corrected chi connectivity index (χ2v) is 3.02. The van der Waals surface area contributed by atoms with Crippen molar-refractivity contribution >= 4 is 0 Å². The largest absolute Gasteiger partial charge is 0.494 e. The number of nitrogens with two attached hydrogens (primary N) is 1. The van der Waals surface area contributed by atoms with Gasteiger partial charge in [-0.1, -0.05) is 19.1 Å². The van der Waals surface area contributed by atoms with E-state index in [1.165, 1.54) is 5.56 Å². The third-order valence-electron chi connectivity index (χ3n) is 2.06. The Hall–Kier alpha value is -1.02. The van der Waals surface area contributed by atoms with Gasteiger partial charge in [0, 0.05) is 6.04 Å². The van der Waals surface area contributed by atoms with E-state index in [9.17, 15) is 0 Å². The van der Waals surface area contributed by atoms with Crippen molar-refractivity contribution in [2.75, 3.05) is 6.61 Å². The van der Waals surface area contributed by atoms with Crippen molar-refractivity contribution < 1.29 is 4.74 Å². The molecule has 1 aromatic carbocycles. The molecule has 0 spiro atoms. The van der Waals surface area contributed by atoms with E-state index in [-0.39, 0.29) is 6.04 Å². The van der Waals surface area contributed by atoms with Crippen LogP contribution in [0, 0.1) is 0 Å². The Labute approximate surface area is 79.7 Å². The first-order valence-electron chi connectivity index (χ1n) is 4.76. The normalized spacial score (nSPS) is 12.5. The lowest BCUT2D eigenvalue weighted by Crippen LogP contribution is -2.08. The van der Waals surface area contributed by atoms with Crippen LogP contribution in [0.4, 0.5) is 0 Å². The summed E-state index contributed by atoms with van der Waals surface area (Å²) in [7, 11) is 0. The van der Waals surface area contributed by atoms with Gasteiger partial charge in [0.25, 0.3) is 0 Å². The summed E-state index contributed by atoms with van der Waals surface area (Å²) in [5.41, 5.74) is 7.05. The Kier molecular flexibility index (Phi) is 3.77. The minimum Gasteiger partial charge on any atom is -0.494 e. The molecule has 0 heterocycles. The molecule has 2 N–H and O–H groups in total. The standard InChI is InChI=1S/C11H17NO/c1-3-11(12)9-5-7-10(8-6-9)13-4-2/h5-8,11H,3-4,12H2,1-2H3. The van der Waals surface area contributed by atoms with Crippen molar-refractivity contribution in [3.63, 3.8) is 0 Å². The van der Waals surface area contributed by atoms with E-state index in [0.717, 1.165) is 12.2 Å². The Bertz CT molecular complexity index is 243. The van der Waals surface area contributed by atoms with Gasteiger partial charge >= 0.3 is 0 Å². The molecule has 0 saturated heterocycles. The molecule has 13 heavy (non-hydrogen) atoms. The van der Waals surface area contributed by atoms with Gasteiger partial charge in [0.15, 0.2) is 0 Å². The van der Waals surface area contributed by atoms with Crippen LogP contribution >= 0.6 is 0 Å². The van der Waals surface area contributed by atoms with Crippen LogP contribution < -0.4 is 10.5 Å². The molecule has 1 aromatic rings. The minimum absolute atomic E-state index is 0.149. The molecule has 0 aliphatic carbocycles. The molecule has 0 amide bonds. The Morgan fingerprint density at radius 3 is 2.31 bits per heavy atom. The molecule has 1 atom stereocenters. The first-order chi connectivity index (χ1) is 6.27. The fourth-order valence-corrected chi connectivity index (χ4v) is 1.21. The molecular weight excluding hydrogens is 162 g/mol. The summed E-state index contributed by atoms with van der Waals surface area (Å²) in [6.45, 7) is 4.77. The van der Waals surface area contributed by atoms with E-state index in [1.54, 1.807) is 0 Å². The minimum atomic E-state index is 0.149. The van der Waals surface area contributed by atoms with Gasteiger partial charge in [-0.3, -0.25) is 0 Å². The zero-order chi connectivity index (χ0) is 9.68. The van der Waals surface area contributed by atoms with Crippen LogP contribution in [0.5, 0.6) is 5.75 Å². The topological polar surface area (TPSA) is 35.2 Å². The zero-order valence-corrected chi connectivity index (χ0v) is 8.29. The van der Waals surface area contributed by atoms with Crippen LogP contribution in [-0.2, 0) is 0 Å². The third-order valence-corrected chi connectivity index (χ3v) is 2.06. The average molecular weight is 179 g/mol. The Morgan fingerprint density at radius 1 is 1.23 bits per heavy atom. The molecule has 0 aliphatic rings. The average Bonchev–Trinajstić information content (AvgIpc) is 2.18. The maximum Gasteiger partial charge on any atom is 0.119 e. The summed E-state index contributed by atoms with van der Waals surface area (Å²) in [5.74, 6) is 0.912. The summed E-state index contributed by atoms with van der Waals surface area (Å²) in [4.78, 5) is 0. The lowest BCUT2D eigenvalue weighted by atomic mass is 10.1. The lowest BCUT2D eigenvalue weighted by Gasteiger charge is -2.09. The Balaban J connectivity index is 2.69. The molecule has 0 radical (unpaired) electrons. The van der Waals surface area contributed by atoms with Gasteiger partial charge in [0.2, 0.25) is 0 Å². The highest BCUT2D eigenvalue weighted by molar-refractivity contribution is 5.28. The van der Waals surface area contributed by atoms with Crippen LogP contribution in [0.1, 0.15) is 31.9 Å². The molecule has 72 valence electrons. The van der Waals surface area contributed by atoms with E-state index in [0.29, 0.717) is 6.61 Å². The van der Waals surface area contributed by atoms with Crippen LogP contribution in [0.3, 0.4) is 0 Å². The predicted molar refractivity (Wildman–Crippen MR) is 54.8 cm³/mol. The smallest absolute Gasteiger partial charge is 0.119 e. The maximum atomic E-state index is 5.88. The SMILES string of the molecule is CCOc1ccc(C(N)CC)cc1. The first kappa shape index (κ1) is 10.1. The van der Waals surface area contributed by atoms with Crippen LogP contribution in [0.2, 0.25) is 0 Å². The van der Waals surface area contributed by atoms with Gasteiger partial charge in [-0.15, -0.1) is 0 Å². The maximum absolute atomic E-state index is 5.88. The molecule has 1 unspecified atom stereocenters. The summed E-state index contributed by atoms with van der Waals surface area (Å²) < 4.78 is 5.33. The van der Waals surface area contributed by atoms with E-state index in [1.807, 2.05) is 31.2 Å². The summed E-state index contributed by atoms with van der Waals surface area (Å²) >= 11 is 0. The van der Waals surface area contributed by atoms with Crippen LogP contribution in [0.15, 0.2) is 24.3 Å². The summed E-state index contributed by atoms with van der Waals surface area (Å²) in [6, 6.07) is 8.14. The number of ether oxygens (including phenoxy) is 1. The van der Waals surface area contributed by atoms with Gasteiger partial charge in [-0.05, 0) is 31.0 Å². The quantitative estimate of drug-likeness (QED) is 0.770. The second-order valence-electron chi connectivity index (χ2n) is 3.02. The van der Waals surface area contributed by atoms with Crippen molar-refractivity contribution in [3.05, 3.63) is 29.8 Å². The van der Waals surface area contributed by atoms with Gasteiger partial charge in [-0.25, -0.2) is 0 Å². The van der Waals surface area contributed by atoms with Crippen molar-refractivity contribution in [2.24, 2.45) is 5.73 Å². The number of hydrogen-bond acceptors (Lipinski definition) is 2. The van der Waals surface area contributed by atoms with E-state index >= 15 is 0 Å². The molecule has 0 aliphatic heterocycles. The highest BCUT2D eigenvalue weighted by Gasteiger charge is 2.02. The third kappa shape index (κ3) is 2.74. The molecule has 2 heteroatoms. The first-order valence-corrected chi connectivity index (χ1v) is 4.76. The van der Waals surface area contributed by atoms with Gasteiger partial charge in [0.1, 0.15) is 5.75 Å². The highest BCUT2D eigenvalue weighted by Crippen LogP contribution is 2.17. The molecule has 0 fully saturated rings. The van der Waals surface area contributed by atoms with Gasteiger partial charge in [0.05, 0.1) is 6.61 Å². The van der Waals surface area contributed by atoms with Crippen molar-refractivity contribution in [3.8, 4) is 5.75 Å². The molecular formula is C11H17NO. The lowest BCUT2D eigenvalue weighted by molar-refractivity contribution is 0.340. The zero-order valence-electron chi connectivity index (χ0n) is 8.29. The molecule has 0 aromatic heterocycles. The van der Waals surface area contributed by atoms with E-state index in [4.69, 9.17) is 10.5 Å².